The highest BCUT2D eigenvalue weighted by Gasteiger charge is 2.14. The molecular formula is C14H18O. The van der Waals surface area contributed by atoms with Crippen LogP contribution in [-0.4, -0.2) is 11.7 Å². The van der Waals surface area contributed by atoms with Crippen LogP contribution in [0.1, 0.15) is 36.3 Å². The molecule has 1 N–H and O–H groups in total. The molecule has 1 atom stereocenters. The van der Waals surface area contributed by atoms with E-state index in [9.17, 15) is 0 Å². The van der Waals surface area contributed by atoms with E-state index in [-0.39, 0.29) is 0 Å². The fourth-order valence-electron chi connectivity index (χ4n) is 2.27. The minimum Gasteiger partial charge on any atom is -0.396 e. The van der Waals surface area contributed by atoms with Crippen molar-refractivity contribution in [2.24, 2.45) is 0 Å². The van der Waals surface area contributed by atoms with E-state index in [0.717, 1.165) is 25.7 Å². The second kappa shape index (κ2) is 5.13. The average molecular weight is 202 g/mol. The van der Waals surface area contributed by atoms with Crippen molar-refractivity contribution in [3.8, 4) is 0 Å². The van der Waals surface area contributed by atoms with Crippen molar-refractivity contribution in [1.82, 2.24) is 0 Å². The van der Waals surface area contributed by atoms with Crippen molar-refractivity contribution in [2.75, 3.05) is 6.61 Å². The molecule has 2 rings (SSSR count). The summed E-state index contributed by atoms with van der Waals surface area (Å²) in [6, 6.07) is 8.69. The molecule has 0 saturated heterocycles. The minimum absolute atomic E-state index is 0.318. The molecule has 15 heavy (non-hydrogen) atoms. The van der Waals surface area contributed by atoms with Gasteiger partial charge in [-0.25, -0.2) is 0 Å². The van der Waals surface area contributed by atoms with Crippen molar-refractivity contribution in [3.63, 3.8) is 0 Å². The third-order valence-corrected chi connectivity index (χ3v) is 3.08. The number of aliphatic hydroxyl groups excluding tert-OH is 1. The van der Waals surface area contributed by atoms with Gasteiger partial charge in [-0.1, -0.05) is 42.8 Å². The molecule has 0 saturated carbocycles. The van der Waals surface area contributed by atoms with Gasteiger partial charge in [-0.3, -0.25) is 0 Å². The summed E-state index contributed by atoms with van der Waals surface area (Å²) < 4.78 is 0. The molecule has 1 unspecified atom stereocenters. The minimum atomic E-state index is 0.318. The van der Waals surface area contributed by atoms with E-state index in [1.807, 2.05) is 0 Å². The van der Waals surface area contributed by atoms with Gasteiger partial charge in [-0.05, 0) is 30.4 Å². The molecule has 80 valence electrons. The molecule has 1 aliphatic rings. The molecule has 0 spiro atoms. The Kier molecular flexibility index (Phi) is 3.57. The van der Waals surface area contributed by atoms with Crippen LogP contribution in [0.4, 0.5) is 0 Å². The van der Waals surface area contributed by atoms with Crippen LogP contribution in [0.3, 0.4) is 0 Å². The van der Waals surface area contributed by atoms with Crippen molar-refractivity contribution in [3.05, 3.63) is 47.5 Å². The Labute approximate surface area is 91.4 Å². The Hall–Kier alpha value is -1.08. The first kappa shape index (κ1) is 10.4. The summed E-state index contributed by atoms with van der Waals surface area (Å²) >= 11 is 0. The lowest BCUT2D eigenvalue weighted by Gasteiger charge is -2.20. The molecule has 0 aliphatic heterocycles. The van der Waals surface area contributed by atoms with Crippen LogP contribution in [0.15, 0.2) is 36.4 Å². The first-order chi connectivity index (χ1) is 7.42. The van der Waals surface area contributed by atoms with Gasteiger partial charge >= 0.3 is 0 Å². The number of allylic oxidation sites excluding steroid dienone is 2. The van der Waals surface area contributed by atoms with E-state index in [0.29, 0.717) is 12.5 Å². The van der Waals surface area contributed by atoms with Crippen LogP contribution < -0.4 is 0 Å². The second-order valence-electron chi connectivity index (χ2n) is 4.16. The third kappa shape index (κ3) is 2.48. The summed E-state index contributed by atoms with van der Waals surface area (Å²) in [6.45, 7) is 0.318. The van der Waals surface area contributed by atoms with Crippen molar-refractivity contribution in [2.45, 2.75) is 31.6 Å². The molecule has 0 heterocycles. The van der Waals surface area contributed by atoms with Crippen LogP contribution >= 0.6 is 0 Å². The molecule has 1 aromatic rings. The number of hydrogen-bond acceptors (Lipinski definition) is 1. The van der Waals surface area contributed by atoms with E-state index in [1.54, 1.807) is 0 Å². The Bertz CT molecular complexity index is 341. The highest BCUT2D eigenvalue weighted by atomic mass is 16.2. The first-order valence-corrected chi connectivity index (χ1v) is 5.77. The third-order valence-electron chi connectivity index (χ3n) is 3.08. The number of benzene rings is 1. The summed E-state index contributed by atoms with van der Waals surface area (Å²) in [5, 5.41) is 8.77. The quantitative estimate of drug-likeness (QED) is 0.587. The van der Waals surface area contributed by atoms with E-state index >= 15 is 0 Å². The van der Waals surface area contributed by atoms with Gasteiger partial charge in [0.1, 0.15) is 0 Å². The number of unbranched alkanes of at least 4 members (excludes halogenated alkanes) is 1. The summed E-state index contributed by atoms with van der Waals surface area (Å²) in [5.41, 5.74) is 2.95. The van der Waals surface area contributed by atoms with Crippen LogP contribution in [0.25, 0.3) is 0 Å². The Morgan fingerprint density at radius 3 is 2.93 bits per heavy atom. The zero-order valence-corrected chi connectivity index (χ0v) is 9.02. The van der Waals surface area contributed by atoms with Gasteiger partial charge in [0.15, 0.2) is 0 Å². The average Bonchev–Trinajstić information content (AvgIpc) is 2.30. The maximum absolute atomic E-state index is 8.77. The maximum atomic E-state index is 8.77. The normalized spacial score (nSPS) is 18.9. The van der Waals surface area contributed by atoms with E-state index < -0.39 is 0 Å². The predicted octanol–water partition coefficient (Wildman–Crippen LogP) is 3.05. The van der Waals surface area contributed by atoms with Gasteiger partial charge in [0.05, 0.1) is 0 Å². The molecule has 1 aliphatic carbocycles. The molecule has 1 nitrogen and oxygen atoms in total. The summed E-state index contributed by atoms with van der Waals surface area (Å²) in [5.74, 6) is 0.571. The molecule has 1 aromatic carbocycles. The summed E-state index contributed by atoms with van der Waals surface area (Å²) in [4.78, 5) is 0. The highest BCUT2D eigenvalue weighted by Crippen LogP contribution is 2.30. The zero-order valence-electron chi connectivity index (χ0n) is 9.02. The molecule has 0 aromatic heterocycles. The largest absolute Gasteiger partial charge is 0.396 e. The molecule has 0 amide bonds. The summed E-state index contributed by atoms with van der Waals surface area (Å²) in [6.07, 6.45) is 8.86. The van der Waals surface area contributed by atoms with Gasteiger partial charge in [-0.2, -0.15) is 0 Å². The van der Waals surface area contributed by atoms with Crippen molar-refractivity contribution in [1.29, 1.82) is 0 Å². The Morgan fingerprint density at radius 2 is 2.07 bits per heavy atom. The van der Waals surface area contributed by atoms with E-state index in [2.05, 4.69) is 36.4 Å². The number of hydrogen-bond donors (Lipinski definition) is 1. The van der Waals surface area contributed by atoms with Gasteiger partial charge < -0.3 is 5.11 Å². The van der Waals surface area contributed by atoms with Crippen LogP contribution in [0, 0.1) is 0 Å². The highest BCUT2D eigenvalue weighted by molar-refractivity contribution is 5.37. The fourth-order valence-corrected chi connectivity index (χ4v) is 2.27. The molecule has 0 bridgehead atoms. The van der Waals surface area contributed by atoms with E-state index in [4.69, 9.17) is 5.11 Å². The van der Waals surface area contributed by atoms with Gasteiger partial charge in [-0.15, -0.1) is 0 Å². The lowest BCUT2D eigenvalue weighted by atomic mass is 9.85. The maximum Gasteiger partial charge on any atom is 0.0431 e. The standard InChI is InChI=1S/C14H18O/c15-11-4-3-7-13-9-5-8-12-6-1-2-10-14(12)13/h1-2,5-6,9-10,13,15H,3-4,7-8,11H2. The Morgan fingerprint density at radius 1 is 1.20 bits per heavy atom. The Balaban J connectivity index is 2.05. The van der Waals surface area contributed by atoms with Crippen LogP contribution in [-0.2, 0) is 6.42 Å². The smallest absolute Gasteiger partial charge is 0.0431 e. The monoisotopic (exact) mass is 202 g/mol. The van der Waals surface area contributed by atoms with Gasteiger partial charge in [0.25, 0.3) is 0 Å². The van der Waals surface area contributed by atoms with Crippen LogP contribution in [0.2, 0.25) is 0 Å². The number of fused-ring (bicyclic) bond motifs is 1. The molecule has 0 radical (unpaired) electrons. The van der Waals surface area contributed by atoms with E-state index in [1.165, 1.54) is 11.1 Å². The van der Waals surface area contributed by atoms with Gasteiger partial charge in [0.2, 0.25) is 0 Å². The second-order valence-corrected chi connectivity index (χ2v) is 4.16. The molecule has 1 heteroatoms. The van der Waals surface area contributed by atoms with Crippen LogP contribution in [0.5, 0.6) is 0 Å². The SMILES string of the molecule is OCCCCC1C=CCc2ccccc21. The topological polar surface area (TPSA) is 20.2 Å². The van der Waals surface area contributed by atoms with Crippen molar-refractivity contribution < 1.29 is 5.11 Å². The predicted molar refractivity (Wildman–Crippen MR) is 63.0 cm³/mol. The zero-order chi connectivity index (χ0) is 10.5. The summed E-state index contributed by atoms with van der Waals surface area (Å²) in [7, 11) is 0. The number of aliphatic hydroxyl groups is 1. The molecular weight excluding hydrogens is 184 g/mol. The first-order valence-electron chi connectivity index (χ1n) is 5.77. The molecule has 0 fully saturated rings. The van der Waals surface area contributed by atoms with Gasteiger partial charge in [0, 0.05) is 12.5 Å². The fraction of sp³-hybridized carbons (Fsp3) is 0.429. The number of rotatable bonds is 4. The lowest BCUT2D eigenvalue weighted by Crippen LogP contribution is -2.04. The van der Waals surface area contributed by atoms with Crippen molar-refractivity contribution >= 4 is 0 Å². The lowest BCUT2D eigenvalue weighted by molar-refractivity contribution is 0.282.